The molecule has 0 saturated carbocycles. The van der Waals surface area contributed by atoms with Crippen molar-refractivity contribution in [2.24, 2.45) is 0 Å². The fourth-order valence-corrected chi connectivity index (χ4v) is 2.87. The Kier molecular flexibility index (Phi) is 4.52. The van der Waals surface area contributed by atoms with E-state index in [9.17, 15) is 9.18 Å². The topological polar surface area (TPSA) is 72.2 Å². The van der Waals surface area contributed by atoms with Gasteiger partial charge < -0.3 is 5.32 Å². The normalized spacial score (nSPS) is 10.9. The van der Waals surface area contributed by atoms with Crippen molar-refractivity contribution in [2.45, 2.75) is 6.42 Å². The second kappa shape index (κ2) is 7.13. The average Bonchev–Trinajstić information content (AvgIpc) is 3.07. The number of pyridine rings is 1. The molecule has 1 aromatic carbocycles. The Morgan fingerprint density at radius 2 is 1.93 bits per heavy atom. The minimum Gasteiger partial charge on any atom is -0.324 e. The van der Waals surface area contributed by atoms with Crippen LogP contribution in [-0.2, 0) is 11.2 Å². The molecule has 1 amide bonds. The van der Waals surface area contributed by atoms with Gasteiger partial charge in [-0.25, -0.2) is 19.3 Å². The summed E-state index contributed by atoms with van der Waals surface area (Å²) in [5, 5.41) is 2.78. The summed E-state index contributed by atoms with van der Waals surface area (Å²) in [4.78, 5) is 24.1. The Balaban J connectivity index is 1.64. The first-order valence-corrected chi connectivity index (χ1v) is 8.47. The Labute approximate surface area is 158 Å². The van der Waals surface area contributed by atoms with E-state index in [2.05, 4.69) is 20.3 Å². The molecule has 0 aliphatic carbocycles. The Hall–Kier alpha value is -3.32. The fourth-order valence-electron chi connectivity index (χ4n) is 2.74. The lowest BCUT2D eigenvalue weighted by atomic mass is 10.1. The Morgan fingerprint density at radius 1 is 1.11 bits per heavy atom. The molecule has 0 fully saturated rings. The van der Waals surface area contributed by atoms with Crippen molar-refractivity contribution in [1.82, 2.24) is 19.4 Å². The van der Waals surface area contributed by atoms with E-state index in [4.69, 9.17) is 11.6 Å². The number of hydrogen-bond donors (Lipinski definition) is 1. The van der Waals surface area contributed by atoms with Gasteiger partial charge in [0, 0.05) is 6.20 Å². The van der Waals surface area contributed by atoms with Crippen LogP contribution >= 0.6 is 11.6 Å². The highest BCUT2D eigenvalue weighted by molar-refractivity contribution is 6.28. The van der Waals surface area contributed by atoms with Crippen molar-refractivity contribution in [1.29, 1.82) is 0 Å². The maximum atomic E-state index is 14.1. The number of anilines is 1. The summed E-state index contributed by atoms with van der Waals surface area (Å²) in [6.45, 7) is 0. The number of imidazole rings is 1. The first kappa shape index (κ1) is 17.1. The quantitative estimate of drug-likeness (QED) is 0.546. The number of amides is 1. The molecule has 8 heteroatoms. The SMILES string of the molecule is O=C(Cc1ccccc1)Nc1ccc2ncc(-c3nc(Cl)ncc3F)n2c1. The molecule has 134 valence electrons. The molecule has 0 spiro atoms. The lowest BCUT2D eigenvalue weighted by Gasteiger charge is -2.08. The van der Waals surface area contributed by atoms with Crippen LogP contribution in [0.1, 0.15) is 5.56 Å². The number of hydrogen-bond acceptors (Lipinski definition) is 4. The summed E-state index contributed by atoms with van der Waals surface area (Å²) in [6.07, 6.45) is 4.42. The van der Waals surface area contributed by atoms with E-state index in [0.29, 0.717) is 17.0 Å². The van der Waals surface area contributed by atoms with Crippen molar-refractivity contribution in [3.8, 4) is 11.4 Å². The lowest BCUT2D eigenvalue weighted by Crippen LogP contribution is -2.14. The highest BCUT2D eigenvalue weighted by Crippen LogP contribution is 2.24. The smallest absolute Gasteiger partial charge is 0.228 e. The standard InChI is InChI=1S/C19H13ClFN5O/c20-19-23-9-14(21)18(25-19)15-10-22-16-7-6-13(11-26(15)16)24-17(27)8-12-4-2-1-3-5-12/h1-7,9-11H,8H2,(H,24,27). The molecule has 0 unspecified atom stereocenters. The number of nitrogens with one attached hydrogen (secondary N) is 1. The molecule has 0 saturated heterocycles. The number of benzene rings is 1. The number of rotatable bonds is 4. The van der Waals surface area contributed by atoms with E-state index >= 15 is 0 Å². The Morgan fingerprint density at radius 3 is 2.74 bits per heavy atom. The first-order valence-electron chi connectivity index (χ1n) is 8.09. The van der Waals surface area contributed by atoms with Crippen LogP contribution in [0.15, 0.2) is 61.1 Å². The van der Waals surface area contributed by atoms with E-state index in [0.717, 1.165) is 11.8 Å². The van der Waals surface area contributed by atoms with Gasteiger partial charge in [-0.2, -0.15) is 0 Å². The van der Waals surface area contributed by atoms with Crippen LogP contribution in [0, 0.1) is 5.82 Å². The van der Waals surface area contributed by atoms with Crippen LogP contribution < -0.4 is 5.32 Å². The number of nitrogens with zero attached hydrogens (tertiary/aromatic N) is 4. The minimum atomic E-state index is -0.611. The Bertz CT molecular complexity index is 1130. The third kappa shape index (κ3) is 3.63. The van der Waals surface area contributed by atoms with Crippen molar-refractivity contribution in [2.75, 3.05) is 5.32 Å². The largest absolute Gasteiger partial charge is 0.324 e. The summed E-state index contributed by atoms with van der Waals surface area (Å²) in [6, 6.07) is 12.9. The average molecular weight is 382 g/mol. The monoisotopic (exact) mass is 381 g/mol. The molecule has 27 heavy (non-hydrogen) atoms. The number of aromatic nitrogens is 4. The second-order valence-corrected chi connectivity index (χ2v) is 6.17. The highest BCUT2D eigenvalue weighted by Gasteiger charge is 2.14. The van der Waals surface area contributed by atoms with Crippen LogP contribution in [0.4, 0.5) is 10.1 Å². The van der Waals surface area contributed by atoms with Gasteiger partial charge in [-0.15, -0.1) is 0 Å². The van der Waals surface area contributed by atoms with Crippen LogP contribution in [0.25, 0.3) is 17.0 Å². The predicted octanol–water partition coefficient (Wildman–Crippen LogP) is 3.77. The van der Waals surface area contributed by atoms with Gasteiger partial charge in [0.15, 0.2) is 5.82 Å². The molecular weight excluding hydrogens is 369 g/mol. The molecule has 0 aliphatic heterocycles. The van der Waals surface area contributed by atoms with Crippen molar-refractivity contribution in [3.05, 3.63) is 77.7 Å². The van der Waals surface area contributed by atoms with Gasteiger partial charge in [-0.3, -0.25) is 9.20 Å². The van der Waals surface area contributed by atoms with Gasteiger partial charge in [-0.1, -0.05) is 30.3 Å². The summed E-state index contributed by atoms with van der Waals surface area (Å²) in [5.41, 5.74) is 2.50. The first-order chi connectivity index (χ1) is 13.1. The molecule has 4 aromatic rings. The third-order valence-electron chi connectivity index (χ3n) is 3.95. The van der Waals surface area contributed by atoms with E-state index in [1.54, 1.807) is 22.7 Å². The van der Waals surface area contributed by atoms with Crippen molar-refractivity contribution < 1.29 is 9.18 Å². The molecule has 3 heterocycles. The zero-order valence-electron chi connectivity index (χ0n) is 13.9. The van der Waals surface area contributed by atoms with Crippen LogP contribution in [-0.4, -0.2) is 25.3 Å². The number of carbonyl (C=O) groups excluding carboxylic acids is 1. The predicted molar refractivity (Wildman–Crippen MR) is 100.0 cm³/mol. The molecule has 1 N–H and O–H groups in total. The van der Waals surface area contributed by atoms with Gasteiger partial charge in [0.05, 0.1) is 30.2 Å². The van der Waals surface area contributed by atoms with Crippen molar-refractivity contribution >= 4 is 28.8 Å². The molecule has 0 bridgehead atoms. The molecule has 6 nitrogen and oxygen atoms in total. The number of carbonyl (C=O) groups is 1. The lowest BCUT2D eigenvalue weighted by molar-refractivity contribution is -0.115. The van der Waals surface area contributed by atoms with E-state index in [1.165, 1.54) is 6.20 Å². The molecule has 4 rings (SSSR count). The molecule has 0 radical (unpaired) electrons. The van der Waals surface area contributed by atoms with E-state index in [1.807, 2.05) is 30.3 Å². The summed E-state index contributed by atoms with van der Waals surface area (Å²) in [5.74, 6) is -0.766. The summed E-state index contributed by atoms with van der Waals surface area (Å²) >= 11 is 5.79. The number of fused-ring (bicyclic) bond motifs is 1. The summed E-state index contributed by atoms with van der Waals surface area (Å²) < 4.78 is 15.8. The highest BCUT2D eigenvalue weighted by atomic mass is 35.5. The van der Waals surface area contributed by atoms with Crippen LogP contribution in [0.5, 0.6) is 0 Å². The molecule has 3 aromatic heterocycles. The van der Waals surface area contributed by atoms with Crippen LogP contribution in [0.3, 0.4) is 0 Å². The van der Waals surface area contributed by atoms with E-state index in [-0.39, 0.29) is 23.3 Å². The van der Waals surface area contributed by atoms with Gasteiger partial charge in [0.2, 0.25) is 11.2 Å². The minimum absolute atomic E-state index is 0.0373. The third-order valence-corrected chi connectivity index (χ3v) is 4.14. The zero-order valence-corrected chi connectivity index (χ0v) is 14.7. The molecule has 0 aliphatic rings. The zero-order chi connectivity index (χ0) is 18.8. The number of halogens is 2. The van der Waals surface area contributed by atoms with Gasteiger partial charge in [0.1, 0.15) is 11.3 Å². The van der Waals surface area contributed by atoms with Gasteiger partial charge >= 0.3 is 0 Å². The van der Waals surface area contributed by atoms with E-state index < -0.39 is 5.82 Å². The maximum Gasteiger partial charge on any atom is 0.228 e. The molecular formula is C19H13ClFN5O. The van der Waals surface area contributed by atoms with Gasteiger partial charge in [-0.05, 0) is 29.3 Å². The van der Waals surface area contributed by atoms with Gasteiger partial charge in [0.25, 0.3) is 0 Å². The maximum absolute atomic E-state index is 14.1. The second-order valence-electron chi connectivity index (χ2n) is 5.84. The molecule has 0 atom stereocenters. The van der Waals surface area contributed by atoms with Crippen LogP contribution in [0.2, 0.25) is 5.28 Å². The fraction of sp³-hybridized carbons (Fsp3) is 0.0526. The summed E-state index contributed by atoms with van der Waals surface area (Å²) in [7, 11) is 0. The van der Waals surface area contributed by atoms with Crippen molar-refractivity contribution in [3.63, 3.8) is 0 Å².